The van der Waals surface area contributed by atoms with Crippen molar-refractivity contribution >= 4 is 28.4 Å². The van der Waals surface area contributed by atoms with Crippen molar-refractivity contribution in [3.8, 4) is 0 Å². The van der Waals surface area contributed by atoms with E-state index < -0.39 is 35.3 Å². The zero-order valence-corrected chi connectivity index (χ0v) is 14.1. The van der Waals surface area contributed by atoms with Crippen LogP contribution >= 0.6 is 0 Å². The Hall–Kier alpha value is -3.49. The fourth-order valence-electron chi connectivity index (χ4n) is 2.69. The molecule has 0 unspecified atom stereocenters. The van der Waals surface area contributed by atoms with Crippen LogP contribution in [0, 0.1) is 5.82 Å². The summed E-state index contributed by atoms with van der Waals surface area (Å²) < 4.78 is 51.4. The molecule has 3 aromatic rings. The number of alkyl halides is 3. The van der Waals surface area contributed by atoms with E-state index in [4.69, 9.17) is 5.73 Å². The van der Waals surface area contributed by atoms with E-state index in [-0.39, 0.29) is 11.3 Å². The standard InChI is InChI=1S/C19H13F4N3O2/c20-13-5-6-15-11(7-13)8-14(9-25-15)26-18(28)16(17(24)27)10-1-3-12(4-2-10)19(21,22)23/h1-9,16H,(H2,24,27)(H,26,28)/t16-/m1/s1. The van der Waals surface area contributed by atoms with Gasteiger partial charge in [-0.25, -0.2) is 4.39 Å². The minimum absolute atomic E-state index is 0.0118. The molecule has 1 aromatic heterocycles. The number of primary amides is 1. The van der Waals surface area contributed by atoms with Crippen LogP contribution in [0.2, 0.25) is 0 Å². The Morgan fingerprint density at radius 3 is 2.32 bits per heavy atom. The predicted molar refractivity (Wildman–Crippen MR) is 93.7 cm³/mol. The van der Waals surface area contributed by atoms with Gasteiger partial charge in [0.1, 0.15) is 11.7 Å². The first-order chi connectivity index (χ1) is 13.1. The molecule has 0 spiro atoms. The van der Waals surface area contributed by atoms with Gasteiger partial charge in [-0.15, -0.1) is 0 Å². The summed E-state index contributed by atoms with van der Waals surface area (Å²) in [5.74, 6) is -3.87. The summed E-state index contributed by atoms with van der Waals surface area (Å²) in [6, 6.07) is 8.94. The fraction of sp³-hybridized carbons (Fsp3) is 0.105. The second-order valence-corrected chi connectivity index (χ2v) is 6.01. The number of hydrogen-bond acceptors (Lipinski definition) is 3. The summed E-state index contributed by atoms with van der Waals surface area (Å²) in [6.45, 7) is 0. The molecule has 3 rings (SSSR count). The van der Waals surface area contributed by atoms with E-state index in [1.54, 1.807) is 0 Å². The molecule has 0 aliphatic rings. The van der Waals surface area contributed by atoms with Gasteiger partial charge in [0.05, 0.1) is 23.0 Å². The molecule has 144 valence electrons. The third-order valence-electron chi connectivity index (χ3n) is 4.03. The van der Waals surface area contributed by atoms with Crippen LogP contribution in [0.3, 0.4) is 0 Å². The molecule has 0 radical (unpaired) electrons. The number of halogens is 4. The predicted octanol–water partition coefficient (Wildman–Crippen LogP) is 3.60. The van der Waals surface area contributed by atoms with Gasteiger partial charge in [-0.3, -0.25) is 14.6 Å². The van der Waals surface area contributed by atoms with E-state index in [1.165, 1.54) is 30.5 Å². The molecule has 0 aliphatic heterocycles. The highest BCUT2D eigenvalue weighted by atomic mass is 19.4. The maximum Gasteiger partial charge on any atom is 0.416 e. The van der Waals surface area contributed by atoms with Crippen molar-refractivity contribution in [1.29, 1.82) is 0 Å². The molecule has 0 fully saturated rings. The lowest BCUT2D eigenvalue weighted by atomic mass is 9.96. The number of amides is 2. The van der Waals surface area contributed by atoms with Crippen LogP contribution in [0.25, 0.3) is 10.9 Å². The second kappa shape index (κ2) is 7.26. The number of pyridine rings is 1. The van der Waals surface area contributed by atoms with Gasteiger partial charge in [0.2, 0.25) is 11.8 Å². The highest BCUT2D eigenvalue weighted by molar-refractivity contribution is 6.10. The molecule has 2 amide bonds. The molecule has 3 N–H and O–H groups in total. The number of rotatable bonds is 4. The second-order valence-electron chi connectivity index (χ2n) is 6.01. The minimum Gasteiger partial charge on any atom is -0.369 e. The van der Waals surface area contributed by atoms with Crippen LogP contribution < -0.4 is 11.1 Å². The van der Waals surface area contributed by atoms with Gasteiger partial charge in [0.25, 0.3) is 0 Å². The lowest BCUT2D eigenvalue weighted by Crippen LogP contribution is -2.32. The quantitative estimate of drug-likeness (QED) is 0.526. The number of nitrogens with one attached hydrogen (secondary N) is 1. The van der Waals surface area contributed by atoms with E-state index in [1.807, 2.05) is 0 Å². The summed E-state index contributed by atoms with van der Waals surface area (Å²) in [7, 11) is 0. The largest absolute Gasteiger partial charge is 0.416 e. The van der Waals surface area contributed by atoms with Gasteiger partial charge < -0.3 is 11.1 Å². The normalized spacial score (nSPS) is 12.6. The van der Waals surface area contributed by atoms with Gasteiger partial charge >= 0.3 is 6.18 Å². The van der Waals surface area contributed by atoms with Gasteiger partial charge in [-0.2, -0.15) is 13.2 Å². The number of hydrogen-bond donors (Lipinski definition) is 2. The average Bonchev–Trinajstić information content (AvgIpc) is 2.61. The van der Waals surface area contributed by atoms with Gasteiger partial charge in [-0.05, 0) is 42.0 Å². The van der Waals surface area contributed by atoms with Crippen molar-refractivity contribution in [3.63, 3.8) is 0 Å². The summed E-state index contributed by atoms with van der Waals surface area (Å²) in [6.07, 6.45) is -3.24. The first kappa shape index (κ1) is 19.3. The smallest absolute Gasteiger partial charge is 0.369 e. The Bertz CT molecular complexity index is 1050. The molecule has 1 heterocycles. The van der Waals surface area contributed by atoms with Gasteiger partial charge in [-0.1, -0.05) is 12.1 Å². The van der Waals surface area contributed by atoms with Crippen LogP contribution in [0.5, 0.6) is 0 Å². The molecule has 1 atom stereocenters. The number of carbonyl (C=O) groups excluding carboxylic acids is 2. The summed E-state index contributed by atoms with van der Waals surface area (Å²) in [5.41, 5.74) is 5.04. The lowest BCUT2D eigenvalue weighted by Gasteiger charge is -2.15. The molecular formula is C19H13F4N3O2. The van der Waals surface area contributed by atoms with Crippen molar-refractivity contribution in [2.75, 3.05) is 5.32 Å². The van der Waals surface area contributed by atoms with Crippen molar-refractivity contribution in [3.05, 3.63) is 71.7 Å². The zero-order chi connectivity index (χ0) is 20.5. The lowest BCUT2D eigenvalue weighted by molar-refractivity contribution is -0.137. The van der Waals surface area contributed by atoms with Crippen molar-refractivity contribution in [1.82, 2.24) is 4.98 Å². The third-order valence-corrected chi connectivity index (χ3v) is 4.03. The first-order valence-electron chi connectivity index (χ1n) is 7.98. The number of fused-ring (bicyclic) bond motifs is 1. The molecular weight excluding hydrogens is 378 g/mol. The number of nitrogens with two attached hydrogens (primary N) is 1. The summed E-state index contributed by atoms with van der Waals surface area (Å²) >= 11 is 0. The monoisotopic (exact) mass is 391 g/mol. The van der Waals surface area contributed by atoms with E-state index in [9.17, 15) is 27.2 Å². The van der Waals surface area contributed by atoms with Gasteiger partial charge in [0.15, 0.2) is 0 Å². The number of carbonyl (C=O) groups is 2. The molecule has 0 saturated heterocycles. The molecule has 0 bridgehead atoms. The number of anilines is 1. The number of nitrogens with zero attached hydrogens (tertiary/aromatic N) is 1. The van der Waals surface area contributed by atoms with Crippen molar-refractivity contribution in [2.24, 2.45) is 5.73 Å². The van der Waals surface area contributed by atoms with Crippen LogP contribution in [-0.4, -0.2) is 16.8 Å². The summed E-state index contributed by atoms with van der Waals surface area (Å²) in [5, 5.41) is 2.85. The van der Waals surface area contributed by atoms with E-state index in [2.05, 4.69) is 10.3 Å². The van der Waals surface area contributed by atoms with E-state index >= 15 is 0 Å². The molecule has 0 saturated carbocycles. The maximum atomic E-state index is 13.3. The highest BCUT2D eigenvalue weighted by Gasteiger charge is 2.32. The van der Waals surface area contributed by atoms with Crippen LogP contribution in [0.4, 0.5) is 23.2 Å². The highest BCUT2D eigenvalue weighted by Crippen LogP contribution is 2.30. The molecule has 5 nitrogen and oxygen atoms in total. The van der Waals surface area contributed by atoms with Gasteiger partial charge in [0, 0.05) is 5.39 Å². The third kappa shape index (κ3) is 4.08. The molecule has 28 heavy (non-hydrogen) atoms. The Labute approximate surface area is 156 Å². The Morgan fingerprint density at radius 1 is 1.04 bits per heavy atom. The summed E-state index contributed by atoms with van der Waals surface area (Å²) in [4.78, 5) is 28.3. The van der Waals surface area contributed by atoms with E-state index in [0.717, 1.165) is 24.3 Å². The Morgan fingerprint density at radius 2 is 1.71 bits per heavy atom. The van der Waals surface area contributed by atoms with Crippen LogP contribution in [-0.2, 0) is 15.8 Å². The molecule has 0 aliphatic carbocycles. The molecule has 9 heteroatoms. The first-order valence-corrected chi connectivity index (χ1v) is 7.98. The number of aromatic nitrogens is 1. The average molecular weight is 391 g/mol. The minimum atomic E-state index is -4.55. The van der Waals surface area contributed by atoms with Crippen LogP contribution in [0.1, 0.15) is 17.0 Å². The Balaban J connectivity index is 1.86. The SMILES string of the molecule is NC(=O)[C@H](C(=O)Nc1cnc2ccc(F)cc2c1)c1ccc(C(F)(F)F)cc1. The van der Waals surface area contributed by atoms with E-state index in [0.29, 0.717) is 10.9 Å². The van der Waals surface area contributed by atoms with Crippen molar-refractivity contribution < 1.29 is 27.2 Å². The van der Waals surface area contributed by atoms with Crippen LogP contribution in [0.15, 0.2) is 54.7 Å². The Kier molecular flexibility index (Phi) is 5.00. The fourth-order valence-corrected chi connectivity index (χ4v) is 2.69. The zero-order valence-electron chi connectivity index (χ0n) is 14.1. The maximum absolute atomic E-state index is 13.3. The number of benzene rings is 2. The van der Waals surface area contributed by atoms with Crippen molar-refractivity contribution in [2.45, 2.75) is 12.1 Å². The molecule has 2 aromatic carbocycles. The topological polar surface area (TPSA) is 85.1 Å².